The first-order valence-electron chi connectivity index (χ1n) is 8.45. The number of aromatic nitrogens is 1. The quantitative estimate of drug-likeness (QED) is 0.697. The molecule has 1 aromatic heterocycles. The van der Waals surface area contributed by atoms with Crippen LogP contribution in [0.5, 0.6) is 0 Å². The fraction of sp³-hybridized carbons (Fsp3) is 0.474. The summed E-state index contributed by atoms with van der Waals surface area (Å²) in [5.41, 5.74) is 1.41. The normalized spacial score (nSPS) is 17.7. The van der Waals surface area contributed by atoms with Crippen LogP contribution in [-0.2, 0) is 6.54 Å². The Hall–Kier alpha value is -2.10. The van der Waals surface area contributed by atoms with Crippen LogP contribution in [0, 0.1) is 5.41 Å². The van der Waals surface area contributed by atoms with E-state index >= 15 is 0 Å². The number of pyridine rings is 1. The van der Waals surface area contributed by atoms with Gasteiger partial charge in [-0.15, -0.1) is 0 Å². The van der Waals surface area contributed by atoms with Gasteiger partial charge < -0.3 is 10.2 Å². The Morgan fingerprint density at radius 2 is 2.13 bits per heavy atom. The number of hydrogen-bond donors (Lipinski definition) is 1. The predicted octanol–water partition coefficient (Wildman–Crippen LogP) is 3.43. The van der Waals surface area contributed by atoms with Crippen molar-refractivity contribution in [3.05, 3.63) is 42.2 Å². The molecule has 0 radical (unpaired) electrons. The molecule has 0 bridgehead atoms. The van der Waals surface area contributed by atoms with Gasteiger partial charge in [0.1, 0.15) is 0 Å². The van der Waals surface area contributed by atoms with E-state index in [0.717, 1.165) is 31.3 Å². The van der Waals surface area contributed by atoms with Crippen LogP contribution < -0.4 is 5.32 Å². The number of likely N-dealkylation sites (tertiary alicyclic amines) is 1. The van der Waals surface area contributed by atoms with Gasteiger partial charge in [-0.25, -0.2) is 4.99 Å². The van der Waals surface area contributed by atoms with E-state index in [1.807, 2.05) is 6.20 Å². The van der Waals surface area contributed by atoms with Crippen molar-refractivity contribution in [3.63, 3.8) is 0 Å². The van der Waals surface area contributed by atoms with E-state index in [-0.39, 0.29) is 0 Å². The average molecular weight is 310 g/mol. The second-order valence-corrected chi connectivity index (χ2v) is 6.98. The zero-order valence-corrected chi connectivity index (χ0v) is 14.3. The van der Waals surface area contributed by atoms with Crippen molar-refractivity contribution in [2.75, 3.05) is 19.6 Å². The van der Waals surface area contributed by atoms with Crippen LogP contribution in [0.25, 0.3) is 10.8 Å². The largest absolute Gasteiger partial charge is 0.357 e. The molecule has 1 aromatic carbocycles. The smallest absolute Gasteiger partial charge is 0.194 e. The molecule has 0 unspecified atom stereocenters. The van der Waals surface area contributed by atoms with E-state index in [1.165, 1.54) is 17.2 Å². The lowest BCUT2D eigenvalue weighted by Gasteiger charge is -2.23. The fourth-order valence-electron chi connectivity index (χ4n) is 3.18. The van der Waals surface area contributed by atoms with E-state index in [2.05, 4.69) is 66.3 Å². The van der Waals surface area contributed by atoms with Crippen LogP contribution in [0.1, 0.15) is 32.9 Å². The Morgan fingerprint density at radius 1 is 1.30 bits per heavy atom. The van der Waals surface area contributed by atoms with Gasteiger partial charge in [0.2, 0.25) is 0 Å². The first-order chi connectivity index (χ1) is 11.1. The number of hydrogen-bond acceptors (Lipinski definition) is 2. The van der Waals surface area contributed by atoms with Crippen LogP contribution in [0.4, 0.5) is 0 Å². The lowest BCUT2D eigenvalue weighted by Crippen LogP contribution is -2.40. The maximum Gasteiger partial charge on any atom is 0.194 e. The number of rotatable bonds is 3. The molecule has 0 aliphatic carbocycles. The Balaban J connectivity index is 1.83. The molecule has 1 saturated heterocycles. The molecule has 3 rings (SSSR count). The first-order valence-corrected chi connectivity index (χ1v) is 8.45. The van der Waals surface area contributed by atoms with Gasteiger partial charge in [0.15, 0.2) is 5.96 Å². The summed E-state index contributed by atoms with van der Waals surface area (Å²) in [6.45, 7) is 10.4. The van der Waals surface area contributed by atoms with Gasteiger partial charge in [-0.1, -0.05) is 38.1 Å². The molecule has 0 atom stereocenters. The van der Waals surface area contributed by atoms with Crippen molar-refractivity contribution in [1.82, 2.24) is 15.2 Å². The average Bonchev–Trinajstić information content (AvgIpc) is 2.91. The summed E-state index contributed by atoms with van der Waals surface area (Å²) in [7, 11) is 0. The molecule has 122 valence electrons. The van der Waals surface area contributed by atoms with Crippen molar-refractivity contribution in [2.45, 2.75) is 33.7 Å². The highest BCUT2D eigenvalue weighted by atomic mass is 15.3. The molecule has 2 heterocycles. The minimum atomic E-state index is 0.369. The maximum absolute atomic E-state index is 4.85. The van der Waals surface area contributed by atoms with E-state index in [1.54, 1.807) is 0 Å². The van der Waals surface area contributed by atoms with E-state index in [0.29, 0.717) is 12.0 Å². The molecule has 4 nitrogen and oxygen atoms in total. The second-order valence-electron chi connectivity index (χ2n) is 6.98. The number of benzene rings is 1. The molecular formula is C19H26N4. The molecule has 1 aliphatic heterocycles. The molecular weight excluding hydrogens is 284 g/mol. The topological polar surface area (TPSA) is 40.5 Å². The molecule has 4 heteroatoms. The number of aliphatic imine (C=N–C) groups is 1. The highest BCUT2D eigenvalue weighted by Gasteiger charge is 2.30. The van der Waals surface area contributed by atoms with Gasteiger partial charge in [-0.2, -0.15) is 0 Å². The van der Waals surface area contributed by atoms with Crippen molar-refractivity contribution in [2.24, 2.45) is 10.4 Å². The minimum absolute atomic E-state index is 0.369. The van der Waals surface area contributed by atoms with Gasteiger partial charge in [-0.3, -0.25) is 4.98 Å². The number of nitrogens with zero attached hydrogens (tertiary/aromatic N) is 3. The van der Waals surface area contributed by atoms with E-state index in [9.17, 15) is 0 Å². The zero-order chi connectivity index (χ0) is 16.3. The second kappa shape index (κ2) is 6.57. The first kappa shape index (κ1) is 15.8. The third-order valence-corrected chi connectivity index (χ3v) is 4.45. The third kappa shape index (κ3) is 3.63. The van der Waals surface area contributed by atoms with Crippen molar-refractivity contribution in [1.29, 1.82) is 0 Å². The number of nitrogens with one attached hydrogen (secondary N) is 1. The Kier molecular flexibility index (Phi) is 4.51. The molecule has 1 aliphatic rings. The molecule has 2 aromatic rings. The minimum Gasteiger partial charge on any atom is -0.357 e. The molecule has 0 spiro atoms. The standard InChI is InChI=1S/C19H26N4/c1-4-20-18(23-12-10-19(2,3)14-23)22-13-17-16-8-6-5-7-15(16)9-11-21-17/h5-9,11H,4,10,12-14H2,1-3H3,(H,20,22). The maximum atomic E-state index is 4.85. The molecule has 1 N–H and O–H groups in total. The molecule has 23 heavy (non-hydrogen) atoms. The molecule has 0 saturated carbocycles. The number of guanidine groups is 1. The van der Waals surface area contributed by atoms with E-state index < -0.39 is 0 Å². The van der Waals surface area contributed by atoms with Gasteiger partial charge in [0, 0.05) is 31.2 Å². The monoisotopic (exact) mass is 310 g/mol. The summed E-state index contributed by atoms with van der Waals surface area (Å²) in [4.78, 5) is 11.8. The van der Waals surface area contributed by atoms with E-state index in [4.69, 9.17) is 4.99 Å². The van der Waals surface area contributed by atoms with Crippen LogP contribution in [0.2, 0.25) is 0 Å². The fourth-order valence-corrected chi connectivity index (χ4v) is 3.18. The zero-order valence-electron chi connectivity index (χ0n) is 14.3. The van der Waals surface area contributed by atoms with Gasteiger partial charge in [0.25, 0.3) is 0 Å². The molecule has 1 fully saturated rings. The number of fused-ring (bicyclic) bond motifs is 1. The van der Waals surface area contributed by atoms with Crippen molar-refractivity contribution < 1.29 is 0 Å². The lowest BCUT2D eigenvalue weighted by molar-refractivity contribution is 0.370. The SMILES string of the molecule is CCNC(=NCc1nccc2ccccc12)N1CCC(C)(C)C1. The third-order valence-electron chi connectivity index (χ3n) is 4.45. The van der Waals surface area contributed by atoms with Gasteiger partial charge >= 0.3 is 0 Å². The Bertz CT molecular complexity index is 700. The summed E-state index contributed by atoms with van der Waals surface area (Å²) in [6.07, 6.45) is 3.09. The Morgan fingerprint density at radius 3 is 2.87 bits per heavy atom. The lowest BCUT2D eigenvalue weighted by atomic mass is 9.93. The van der Waals surface area contributed by atoms with Gasteiger partial charge in [-0.05, 0) is 30.2 Å². The highest BCUT2D eigenvalue weighted by Crippen LogP contribution is 2.28. The van der Waals surface area contributed by atoms with Gasteiger partial charge in [0.05, 0.1) is 12.2 Å². The summed E-state index contributed by atoms with van der Waals surface area (Å²) >= 11 is 0. The Labute approximate surface area is 138 Å². The van der Waals surface area contributed by atoms with Crippen LogP contribution in [0.15, 0.2) is 41.5 Å². The highest BCUT2D eigenvalue weighted by molar-refractivity contribution is 5.85. The molecule has 0 amide bonds. The van der Waals surface area contributed by atoms with Crippen LogP contribution in [-0.4, -0.2) is 35.5 Å². The summed E-state index contributed by atoms with van der Waals surface area (Å²) in [5.74, 6) is 1.01. The van der Waals surface area contributed by atoms with Crippen molar-refractivity contribution in [3.8, 4) is 0 Å². The van der Waals surface area contributed by atoms with Crippen LogP contribution in [0.3, 0.4) is 0 Å². The summed E-state index contributed by atoms with van der Waals surface area (Å²) in [6, 6.07) is 10.4. The van der Waals surface area contributed by atoms with Crippen LogP contribution >= 0.6 is 0 Å². The summed E-state index contributed by atoms with van der Waals surface area (Å²) in [5, 5.41) is 5.84. The van der Waals surface area contributed by atoms with Crippen molar-refractivity contribution >= 4 is 16.7 Å². The predicted molar refractivity (Wildman–Crippen MR) is 96.5 cm³/mol. The summed E-state index contributed by atoms with van der Waals surface area (Å²) < 4.78 is 0.